The first-order valence-electron chi connectivity index (χ1n) is 6.34. The van der Waals surface area contributed by atoms with Crippen molar-refractivity contribution in [1.29, 1.82) is 0 Å². The molecule has 0 unspecified atom stereocenters. The van der Waals surface area contributed by atoms with Crippen molar-refractivity contribution < 1.29 is 0 Å². The number of hydrogen-bond donors (Lipinski definition) is 0. The van der Waals surface area contributed by atoms with Crippen molar-refractivity contribution in [2.45, 2.75) is 38.3 Å². The summed E-state index contributed by atoms with van der Waals surface area (Å²) in [5.74, 6) is 0. The van der Waals surface area contributed by atoms with E-state index in [-0.39, 0.29) is 5.69 Å². The molecule has 1 aliphatic carbocycles. The lowest BCUT2D eigenvalue weighted by atomic mass is 10.4. The maximum Gasteiger partial charge on any atom is 0.328 e. The van der Waals surface area contributed by atoms with Gasteiger partial charge in [-0.1, -0.05) is 0 Å². The van der Waals surface area contributed by atoms with E-state index in [1.165, 1.54) is 38.8 Å². The Kier molecular flexibility index (Phi) is 2.59. The number of rotatable bonds is 4. The minimum Gasteiger partial charge on any atom is -0.302 e. The van der Waals surface area contributed by atoms with E-state index in [9.17, 15) is 4.79 Å². The molecular weight excluding hydrogens is 202 g/mol. The zero-order valence-electron chi connectivity index (χ0n) is 9.64. The van der Waals surface area contributed by atoms with Gasteiger partial charge in [0, 0.05) is 31.5 Å². The molecule has 1 aliphatic heterocycles. The highest BCUT2D eigenvalue weighted by Crippen LogP contribution is 2.33. The van der Waals surface area contributed by atoms with Gasteiger partial charge in [0.1, 0.15) is 0 Å². The van der Waals surface area contributed by atoms with Gasteiger partial charge in [-0.25, -0.2) is 4.79 Å². The second kappa shape index (κ2) is 4.09. The smallest absolute Gasteiger partial charge is 0.302 e. The fourth-order valence-corrected chi connectivity index (χ4v) is 2.48. The van der Waals surface area contributed by atoms with Crippen molar-refractivity contribution in [3.8, 4) is 0 Å². The lowest BCUT2D eigenvalue weighted by molar-refractivity contribution is 0.320. The van der Waals surface area contributed by atoms with Crippen molar-refractivity contribution in [2.24, 2.45) is 0 Å². The van der Waals surface area contributed by atoms with Crippen molar-refractivity contribution >= 4 is 0 Å². The Morgan fingerprint density at radius 2 is 1.88 bits per heavy atom. The average molecular weight is 221 g/mol. The second-order valence-electron chi connectivity index (χ2n) is 4.96. The lowest BCUT2D eigenvalue weighted by Crippen LogP contribution is -2.29. The molecular formula is C12H19N3O. The van der Waals surface area contributed by atoms with Crippen LogP contribution in [0.25, 0.3) is 0 Å². The molecule has 0 amide bonds. The summed E-state index contributed by atoms with van der Waals surface area (Å²) in [6.45, 7) is 4.28. The monoisotopic (exact) mass is 221 g/mol. The van der Waals surface area contributed by atoms with Gasteiger partial charge in [-0.2, -0.15) is 0 Å². The van der Waals surface area contributed by atoms with E-state index < -0.39 is 0 Å². The van der Waals surface area contributed by atoms with Gasteiger partial charge >= 0.3 is 5.69 Å². The molecule has 0 N–H and O–H groups in total. The zero-order chi connectivity index (χ0) is 11.0. The molecule has 0 bridgehead atoms. The predicted octanol–water partition coefficient (Wildman–Crippen LogP) is 1.08. The van der Waals surface area contributed by atoms with Gasteiger partial charge in [-0.3, -0.25) is 9.13 Å². The topological polar surface area (TPSA) is 30.2 Å². The van der Waals surface area contributed by atoms with Crippen LogP contribution in [-0.4, -0.2) is 33.7 Å². The third kappa shape index (κ3) is 1.94. The van der Waals surface area contributed by atoms with Gasteiger partial charge in [-0.15, -0.1) is 0 Å². The van der Waals surface area contributed by atoms with E-state index in [1.807, 2.05) is 21.5 Å². The molecule has 4 heteroatoms. The third-order valence-corrected chi connectivity index (χ3v) is 3.67. The molecule has 1 saturated carbocycles. The van der Waals surface area contributed by atoms with Gasteiger partial charge in [0.15, 0.2) is 0 Å². The van der Waals surface area contributed by atoms with Gasteiger partial charge in [0.05, 0.1) is 0 Å². The van der Waals surface area contributed by atoms with Crippen LogP contribution < -0.4 is 5.69 Å². The Labute approximate surface area is 95.5 Å². The van der Waals surface area contributed by atoms with Crippen LogP contribution >= 0.6 is 0 Å². The quantitative estimate of drug-likeness (QED) is 0.761. The van der Waals surface area contributed by atoms with Gasteiger partial charge in [-0.05, 0) is 38.8 Å². The lowest BCUT2D eigenvalue weighted by Gasteiger charge is -2.13. The fraction of sp³-hybridized carbons (Fsp3) is 0.750. The Balaban J connectivity index is 1.63. The molecule has 4 nitrogen and oxygen atoms in total. The largest absolute Gasteiger partial charge is 0.328 e. The molecule has 0 aromatic carbocycles. The Morgan fingerprint density at radius 1 is 1.12 bits per heavy atom. The van der Waals surface area contributed by atoms with Crippen LogP contribution in [0, 0.1) is 0 Å². The van der Waals surface area contributed by atoms with Crippen LogP contribution in [0.4, 0.5) is 0 Å². The molecule has 0 radical (unpaired) electrons. The Morgan fingerprint density at radius 3 is 2.56 bits per heavy atom. The Bertz CT molecular complexity index is 410. The van der Waals surface area contributed by atoms with Gasteiger partial charge < -0.3 is 4.90 Å². The summed E-state index contributed by atoms with van der Waals surface area (Å²) >= 11 is 0. The maximum absolute atomic E-state index is 12.0. The minimum absolute atomic E-state index is 0.182. The summed E-state index contributed by atoms with van der Waals surface area (Å²) in [5.41, 5.74) is 0.182. The first-order valence-corrected chi connectivity index (χ1v) is 6.34. The summed E-state index contributed by atoms with van der Waals surface area (Å²) in [7, 11) is 0. The summed E-state index contributed by atoms with van der Waals surface area (Å²) in [6.07, 6.45) is 8.88. The molecule has 3 rings (SSSR count). The first-order chi connectivity index (χ1) is 7.84. The van der Waals surface area contributed by atoms with Crippen LogP contribution in [-0.2, 0) is 6.54 Å². The highest BCUT2D eigenvalue weighted by atomic mass is 16.1. The average Bonchev–Trinajstić information content (AvgIpc) is 2.87. The summed E-state index contributed by atoms with van der Waals surface area (Å²) < 4.78 is 3.75. The van der Waals surface area contributed by atoms with Crippen molar-refractivity contribution in [3.63, 3.8) is 0 Å². The van der Waals surface area contributed by atoms with Crippen molar-refractivity contribution in [2.75, 3.05) is 19.6 Å². The second-order valence-corrected chi connectivity index (χ2v) is 4.96. The van der Waals surface area contributed by atoms with E-state index in [0.29, 0.717) is 6.04 Å². The maximum atomic E-state index is 12.0. The SMILES string of the molecule is O=c1n(CCN2CCCC2)ccn1C1CC1. The van der Waals surface area contributed by atoms with E-state index in [2.05, 4.69) is 4.90 Å². The standard InChI is InChI=1S/C12H19N3O/c16-12-14(8-7-13-5-1-2-6-13)9-10-15(12)11-3-4-11/h9-11H,1-8H2. The van der Waals surface area contributed by atoms with E-state index in [0.717, 1.165) is 13.1 Å². The molecule has 1 saturated heterocycles. The van der Waals surface area contributed by atoms with E-state index >= 15 is 0 Å². The molecule has 2 fully saturated rings. The fourth-order valence-electron chi connectivity index (χ4n) is 2.48. The Hall–Kier alpha value is -1.03. The highest BCUT2D eigenvalue weighted by Gasteiger charge is 2.25. The molecule has 1 aromatic heterocycles. The van der Waals surface area contributed by atoms with Crippen LogP contribution in [0.1, 0.15) is 31.7 Å². The summed E-state index contributed by atoms with van der Waals surface area (Å²) in [5, 5.41) is 0. The molecule has 1 aromatic rings. The molecule has 2 aliphatic rings. The number of aromatic nitrogens is 2. The molecule has 0 spiro atoms. The highest BCUT2D eigenvalue weighted by molar-refractivity contribution is 4.91. The molecule has 0 atom stereocenters. The summed E-state index contributed by atoms with van der Waals surface area (Å²) in [6, 6.07) is 0.500. The van der Waals surface area contributed by atoms with E-state index in [4.69, 9.17) is 0 Å². The number of hydrogen-bond acceptors (Lipinski definition) is 2. The summed E-state index contributed by atoms with van der Waals surface area (Å²) in [4.78, 5) is 14.4. The normalized spacial score (nSPS) is 21.8. The molecule has 16 heavy (non-hydrogen) atoms. The third-order valence-electron chi connectivity index (χ3n) is 3.67. The van der Waals surface area contributed by atoms with Crippen LogP contribution in [0.15, 0.2) is 17.2 Å². The predicted molar refractivity (Wildman–Crippen MR) is 62.6 cm³/mol. The zero-order valence-corrected chi connectivity index (χ0v) is 9.64. The molecule has 88 valence electrons. The first kappa shape index (κ1) is 10.1. The molecule has 2 heterocycles. The number of imidazole rings is 1. The minimum atomic E-state index is 0.182. The van der Waals surface area contributed by atoms with Crippen LogP contribution in [0.3, 0.4) is 0 Å². The van der Waals surface area contributed by atoms with Crippen molar-refractivity contribution in [3.05, 3.63) is 22.9 Å². The van der Waals surface area contributed by atoms with Crippen LogP contribution in [0.5, 0.6) is 0 Å². The number of nitrogens with zero attached hydrogens (tertiary/aromatic N) is 3. The van der Waals surface area contributed by atoms with Gasteiger partial charge in [0.25, 0.3) is 0 Å². The van der Waals surface area contributed by atoms with Crippen LogP contribution in [0.2, 0.25) is 0 Å². The van der Waals surface area contributed by atoms with Crippen molar-refractivity contribution in [1.82, 2.24) is 14.0 Å². The van der Waals surface area contributed by atoms with Gasteiger partial charge in [0.2, 0.25) is 0 Å². The van der Waals surface area contributed by atoms with E-state index in [1.54, 1.807) is 0 Å². The number of likely N-dealkylation sites (tertiary alicyclic amines) is 1.